The highest BCUT2D eigenvalue weighted by Crippen LogP contribution is 2.48. The number of hydrogen-bond donors (Lipinski definition) is 0. The van der Waals surface area contributed by atoms with E-state index in [1.54, 1.807) is 15.8 Å². The van der Waals surface area contributed by atoms with Crippen LogP contribution >= 0.6 is 11.8 Å². The van der Waals surface area contributed by atoms with Crippen LogP contribution in [0.1, 0.15) is 0 Å². The van der Waals surface area contributed by atoms with Crippen molar-refractivity contribution in [3.05, 3.63) is 36.2 Å². The maximum atomic E-state index is 14.7. The molecule has 1 amide bonds. The Labute approximate surface area is 158 Å². The molecule has 1 aromatic heterocycles. The summed E-state index contributed by atoms with van der Waals surface area (Å²) in [5, 5.41) is 7.53. The van der Waals surface area contributed by atoms with Gasteiger partial charge in [-0.1, -0.05) is 5.21 Å². The van der Waals surface area contributed by atoms with Crippen LogP contribution in [0.15, 0.2) is 24.5 Å². The highest BCUT2D eigenvalue weighted by molar-refractivity contribution is 8.00. The number of thioether (sulfide) groups is 1. The van der Waals surface area contributed by atoms with E-state index in [1.165, 1.54) is 23.2 Å². The zero-order valence-corrected chi connectivity index (χ0v) is 15.2. The van der Waals surface area contributed by atoms with Crippen LogP contribution in [0.5, 0.6) is 0 Å². The molecule has 0 N–H and O–H groups in total. The van der Waals surface area contributed by atoms with E-state index < -0.39 is 23.8 Å². The predicted octanol–water partition coefficient (Wildman–Crippen LogP) is 2.13. The minimum atomic E-state index is -0.653. The largest absolute Gasteiger partial charge is 0.442 e. The molecule has 0 aliphatic carbocycles. The van der Waals surface area contributed by atoms with Gasteiger partial charge in [0.05, 0.1) is 25.0 Å². The molecule has 1 aromatic carbocycles. The lowest BCUT2D eigenvalue weighted by atomic mass is 9.82. The molecule has 1 spiro atoms. The fourth-order valence-electron chi connectivity index (χ4n) is 3.87. The molecule has 3 saturated heterocycles. The number of halogens is 2. The summed E-state index contributed by atoms with van der Waals surface area (Å²) < 4.78 is 36.1. The second kappa shape index (κ2) is 6.08. The van der Waals surface area contributed by atoms with Gasteiger partial charge >= 0.3 is 6.09 Å². The molecule has 0 radical (unpaired) electrons. The van der Waals surface area contributed by atoms with Gasteiger partial charge in [0.25, 0.3) is 0 Å². The van der Waals surface area contributed by atoms with Gasteiger partial charge < -0.3 is 9.64 Å². The number of carbonyl (C=O) groups is 1. The zero-order chi connectivity index (χ0) is 18.6. The molecule has 4 heterocycles. The maximum Gasteiger partial charge on any atom is 0.414 e. The average Bonchev–Trinajstić information content (AvgIpc) is 3.16. The number of ether oxygens (including phenoxy) is 1. The van der Waals surface area contributed by atoms with Crippen molar-refractivity contribution in [2.45, 2.75) is 12.6 Å². The molecular weight excluding hydrogens is 376 g/mol. The molecule has 142 valence electrons. The van der Waals surface area contributed by atoms with Crippen LogP contribution in [0.3, 0.4) is 0 Å². The van der Waals surface area contributed by atoms with Crippen LogP contribution < -0.4 is 9.80 Å². The van der Waals surface area contributed by atoms with Crippen LogP contribution in [-0.4, -0.2) is 58.3 Å². The van der Waals surface area contributed by atoms with Crippen molar-refractivity contribution in [3.63, 3.8) is 0 Å². The average molecular weight is 393 g/mol. The molecule has 27 heavy (non-hydrogen) atoms. The van der Waals surface area contributed by atoms with Crippen molar-refractivity contribution in [1.29, 1.82) is 0 Å². The minimum absolute atomic E-state index is 0.00648. The lowest BCUT2D eigenvalue weighted by Gasteiger charge is -2.56. The number of rotatable bonds is 4. The van der Waals surface area contributed by atoms with Gasteiger partial charge in [0.1, 0.15) is 11.8 Å². The lowest BCUT2D eigenvalue weighted by Crippen LogP contribution is -2.63. The van der Waals surface area contributed by atoms with Gasteiger partial charge in [0.15, 0.2) is 11.6 Å². The molecule has 7 nitrogen and oxygen atoms in total. The smallest absolute Gasteiger partial charge is 0.414 e. The Balaban J connectivity index is 1.32. The van der Waals surface area contributed by atoms with Gasteiger partial charge in [0.2, 0.25) is 0 Å². The topological polar surface area (TPSA) is 63.5 Å². The first-order chi connectivity index (χ1) is 13.0. The van der Waals surface area contributed by atoms with E-state index in [0.29, 0.717) is 19.6 Å². The number of benzene rings is 1. The summed E-state index contributed by atoms with van der Waals surface area (Å²) in [4.78, 5) is 15.1. The predicted molar refractivity (Wildman–Crippen MR) is 96.0 cm³/mol. The van der Waals surface area contributed by atoms with E-state index in [2.05, 4.69) is 10.3 Å². The van der Waals surface area contributed by atoms with Crippen molar-refractivity contribution in [2.24, 2.45) is 5.41 Å². The van der Waals surface area contributed by atoms with Gasteiger partial charge in [-0.15, -0.1) is 5.10 Å². The number of aromatic nitrogens is 3. The van der Waals surface area contributed by atoms with Crippen molar-refractivity contribution in [3.8, 4) is 0 Å². The van der Waals surface area contributed by atoms with E-state index in [1.807, 2.05) is 11.8 Å². The van der Waals surface area contributed by atoms with Gasteiger partial charge in [-0.25, -0.2) is 18.3 Å². The number of carbonyl (C=O) groups excluding carboxylic acids is 1. The number of nitrogens with zero attached hydrogens (tertiary/aromatic N) is 5. The van der Waals surface area contributed by atoms with Crippen LogP contribution in [0.4, 0.5) is 25.0 Å². The first kappa shape index (κ1) is 16.8. The molecule has 3 aliphatic rings. The first-order valence-corrected chi connectivity index (χ1v) is 9.82. The summed E-state index contributed by atoms with van der Waals surface area (Å²) in [5.41, 5.74) is 0.387. The summed E-state index contributed by atoms with van der Waals surface area (Å²) in [6.07, 6.45) is 2.10. The Hall–Kier alpha value is -2.36. The van der Waals surface area contributed by atoms with Crippen LogP contribution in [0.2, 0.25) is 0 Å². The van der Waals surface area contributed by atoms with Crippen LogP contribution in [0, 0.1) is 17.0 Å². The van der Waals surface area contributed by atoms with E-state index in [0.717, 1.165) is 11.5 Å². The summed E-state index contributed by atoms with van der Waals surface area (Å²) in [6.45, 7) is 1.89. The molecule has 5 rings (SSSR count). The third-order valence-electron chi connectivity index (χ3n) is 5.24. The minimum Gasteiger partial charge on any atom is -0.442 e. The summed E-state index contributed by atoms with van der Waals surface area (Å²) in [6, 6.07) is 2.41. The quantitative estimate of drug-likeness (QED) is 0.793. The van der Waals surface area contributed by atoms with Crippen molar-refractivity contribution >= 4 is 29.2 Å². The summed E-state index contributed by atoms with van der Waals surface area (Å²) >= 11 is 1.86. The Kier molecular flexibility index (Phi) is 3.78. The fraction of sp³-hybridized carbons (Fsp3) is 0.471. The second-order valence-corrected chi connectivity index (χ2v) is 8.33. The van der Waals surface area contributed by atoms with Gasteiger partial charge in [-0.05, 0) is 0 Å². The molecule has 2 aromatic rings. The maximum absolute atomic E-state index is 14.7. The van der Waals surface area contributed by atoms with Crippen molar-refractivity contribution in [2.75, 3.05) is 40.9 Å². The monoisotopic (exact) mass is 393 g/mol. The normalized spacial score (nSPS) is 23.3. The summed E-state index contributed by atoms with van der Waals surface area (Å²) in [5.74, 6) is 0.800. The van der Waals surface area contributed by atoms with E-state index in [4.69, 9.17) is 4.74 Å². The molecule has 0 saturated carbocycles. The molecule has 10 heteroatoms. The standard InChI is InChI=1S/C17H17F2N5O2S/c18-13-3-11(4-14(19)15(13)22-7-17(8-22)9-27-10-17)24-6-12(26-16(24)25)5-23-2-1-20-21-23/h1-4,12H,5-10H2/t12-/m0/s1. The zero-order valence-electron chi connectivity index (χ0n) is 14.3. The molecule has 0 unspecified atom stereocenters. The Morgan fingerprint density at radius 1 is 1.26 bits per heavy atom. The van der Waals surface area contributed by atoms with Crippen molar-refractivity contribution in [1.82, 2.24) is 15.0 Å². The first-order valence-electron chi connectivity index (χ1n) is 8.67. The number of cyclic esters (lactones) is 1. The van der Waals surface area contributed by atoms with E-state index in [-0.39, 0.29) is 23.3 Å². The van der Waals surface area contributed by atoms with Gasteiger partial charge in [-0.3, -0.25) is 4.90 Å². The van der Waals surface area contributed by atoms with E-state index >= 15 is 0 Å². The van der Waals surface area contributed by atoms with Gasteiger partial charge in [-0.2, -0.15) is 11.8 Å². The van der Waals surface area contributed by atoms with E-state index in [9.17, 15) is 13.6 Å². The molecule has 1 atom stereocenters. The van der Waals surface area contributed by atoms with Crippen LogP contribution in [0.25, 0.3) is 0 Å². The number of anilines is 2. The fourth-order valence-corrected chi connectivity index (χ4v) is 5.02. The Bertz CT molecular complexity index is 858. The van der Waals surface area contributed by atoms with Crippen molar-refractivity contribution < 1.29 is 18.3 Å². The highest BCUT2D eigenvalue weighted by atomic mass is 32.2. The highest BCUT2D eigenvalue weighted by Gasteiger charge is 2.49. The number of hydrogen-bond acceptors (Lipinski definition) is 6. The molecule has 3 aliphatic heterocycles. The van der Waals surface area contributed by atoms with Crippen LogP contribution in [-0.2, 0) is 11.3 Å². The number of amides is 1. The summed E-state index contributed by atoms with van der Waals surface area (Å²) in [7, 11) is 0. The third kappa shape index (κ3) is 2.82. The lowest BCUT2D eigenvalue weighted by molar-refractivity contribution is 0.129. The molecule has 0 bridgehead atoms. The molecule has 3 fully saturated rings. The molecular formula is C17H17F2N5O2S. The Morgan fingerprint density at radius 2 is 2.00 bits per heavy atom. The van der Waals surface area contributed by atoms with Gasteiger partial charge in [0, 0.05) is 48.3 Å². The SMILES string of the molecule is O=C1O[C@@H](Cn2ccnn2)CN1c1cc(F)c(N2CC3(CSC3)C2)c(F)c1. The second-order valence-electron chi connectivity index (χ2n) is 7.35. The Morgan fingerprint density at radius 3 is 2.59 bits per heavy atom. The third-order valence-corrected chi connectivity index (χ3v) is 6.87.